The predicted molar refractivity (Wildman–Crippen MR) is 112 cm³/mol. The minimum absolute atomic E-state index is 0.0502. The van der Waals surface area contributed by atoms with Crippen LogP contribution in [0.15, 0.2) is 42.5 Å². The highest BCUT2D eigenvalue weighted by Crippen LogP contribution is 2.35. The van der Waals surface area contributed by atoms with E-state index in [1.54, 1.807) is 32.4 Å². The Labute approximate surface area is 171 Å². The van der Waals surface area contributed by atoms with Crippen LogP contribution in [0.2, 0.25) is 0 Å². The Balaban J connectivity index is 1.65. The Morgan fingerprint density at radius 1 is 1.00 bits per heavy atom. The summed E-state index contributed by atoms with van der Waals surface area (Å²) in [5, 5.41) is 5.75. The second-order valence-corrected chi connectivity index (χ2v) is 7.35. The molecule has 0 radical (unpaired) electrons. The number of amides is 2. The van der Waals surface area contributed by atoms with Gasteiger partial charge in [0, 0.05) is 37.5 Å². The number of nitrogens with zero attached hydrogens (tertiary/aromatic N) is 1. The summed E-state index contributed by atoms with van der Waals surface area (Å²) in [5.74, 6) is 1.04. The number of hydrogen-bond acceptors (Lipinski definition) is 5. The lowest BCUT2D eigenvalue weighted by Gasteiger charge is -2.49. The molecule has 1 aliphatic heterocycles. The number of likely N-dealkylation sites (tertiary alicyclic amines) is 1. The molecule has 0 saturated carbocycles. The topological polar surface area (TPSA) is 79.9 Å². The fourth-order valence-corrected chi connectivity index (χ4v) is 3.41. The monoisotopic (exact) mass is 397 g/mol. The van der Waals surface area contributed by atoms with E-state index in [1.807, 2.05) is 31.2 Å². The zero-order valence-corrected chi connectivity index (χ0v) is 17.2. The number of nitrogens with one attached hydrogen (secondary N) is 2. The standard InChI is InChI=1S/C22H27N3O4/c1-15(26)23-17-7-5-16(6-8-17)14-25-12-11-22(25,2)21(27)24-18-9-10-19(28-3)20(13-18)29-4/h5-10,13H,11-12,14H2,1-4H3,(H,23,26)(H,24,27). The molecule has 2 aromatic rings. The first-order valence-electron chi connectivity index (χ1n) is 9.51. The Morgan fingerprint density at radius 3 is 2.21 bits per heavy atom. The first kappa shape index (κ1) is 20.7. The lowest BCUT2D eigenvalue weighted by atomic mass is 9.85. The normalized spacial score (nSPS) is 18.5. The van der Waals surface area contributed by atoms with Gasteiger partial charge in [0.25, 0.3) is 0 Å². The number of benzene rings is 2. The summed E-state index contributed by atoms with van der Waals surface area (Å²) in [6.45, 7) is 4.95. The van der Waals surface area contributed by atoms with Crippen molar-refractivity contribution in [1.29, 1.82) is 0 Å². The van der Waals surface area contributed by atoms with Crippen LogP contribution in [0.1, 0.15) is 25.8 Å². The SMILES string of the molecule is COc1ccc(NC(=O)C2(C)CCN2Cc2ccc(NC(C)=O)cc2)cc1OC. The average Bonchev–Trinajstić information content (AvgIpc) is 2.71. The van der Waals surface area contributed by atoms with Crippen molar-refractivity contribution in [3.8, 4) is 11.5 Å². The third-order valence-corrected chi connectivity index (χ3v) is 5.34. The fourth-order valence-electron chi connectivity index (χ4n) is 3.41. The Kier molecular flexibility index (Phi) is 6.08. The molecule has 1 atom stereocenters. The van der Waals surface area contributed by atoms with Gasteiger partial charge in [-0.2, -0.15) is 0 Å². The molecule has 7 nitrogen and oxygen atoms in total. The van der Waals surface area contributed by atoms with Gasteiger partial charge in [-0.1, -0.05) is 12.1 Å². The molecule has 154 valence electrons. The number of carbonyl (C=O) groups is 2. The molecule has 0 aromatic heterocycles. The van der Waals surface area contributed by atoms with Gasteiger partial charge < -0.3 is 20.1 Å². The molecule has 1 fully saturated rings. The van der Waals surface area contributed by atoms with E-state index in [0.717, 1.165) is 24.2 Å². The molecule has 1 heterocycles. The summed E-state index contributed by atoms with van der Waals surface area (Å²) >= 11 is 0. The van der Waals surface area contributed by atoms with E-state index < -0.39 is 5.54 Å². The summed E-state index contributed by atoms with van der Waals surface area (Å²) in [4.78, 5) is 26.3. The molecule has 2 aromatic carbocycles. The number of ether oxygens (including phenoxy) is 2. The van der Waals surface area contributed by atoms with Gasteiger partial charge in [0.2, 0.25) is 11.8 Å². The Bertz CT molecular complexity index is 897. The first-order chi connectivity index (χ1) is 13.9. The molecular formula is C22H27N3O4. The van der Waals surface area contributed by atoms with Crippen molar-refractivity contribution in [2.75, 3.05) is 31.4 Å². The van der Waals surface area contributed by atoms with Gasteiger partial charge in [0.1, 0.15) is 0 Å². The number of carbonyl (C=O) groups excluding carboxylic acids is 2. The lowest BCUT2D eigenvalue weighted by molar-refractivity contribution is -0.136. The first-order valence-corrected chi connectivity index (χ1v) is 9.51. The van der Waals surface area contributed by atoms with Gasteiger partial charge in [-0.15, -0.1) is 0 Å². The van der Waals surface area contributed by atoms with Gasteiger partial charge in [0.15, 0.2) is 11.5 Å². The molecule has 1 unspecified atom stereocenters. The van der Waals surface area contributed by atoms with Crippen LogP contribution < -0.4 is 20.1 Å². The Morgan fingerprint density at radius 2 is 1.66 bits per heavy atom. The quantitative estimate of drug-likeness (QED) is 0.750. The second-order valence-electron chi connectivity index (χ2n) is 7.35. The molecule has 29 heavy (non-hydrogen) atoms. The van der Waals surface area contributed by atoms with E-state index in [2.05, 4.69) is 15.5 Å². The largest absolute Gasteiger partial charge is 0.493 e. The summed E-state index contributed by atoms with van der Waals surface area (Å²) in [6, 6.07) is 13.0. The second kappa shape index (κ2) is 8.53. The van der Waals surface area contributed by atoms with E-state index in [9.17, 15) is 9.59 Å². The molecule has 7 heteroatoms. The molecule has 0 spiro atoms. The fraction of sp³-hybridized carbons (Fsp3) is 0.364. The molecular weight excluding hydrogens is 370 g/mol. The molecule has 2 amide bonds. The summed E-state index contributed by atoms with van der Waals surface area (Å²) in [7, 11) is 3.14. The maximum Gasteiger partial charge on any atom is 0.244 e. The maximum atomic E-state index is 13.0. The van der Waals surface area contributed by atoms with Crippen LogP contribution in [-0.2, 0) is 16.1 Å². The van der Waals surface area contributed by atoms with Crippen LogP contribution in [0.4, 0.5) is 11.4 Å². The van der Waals surface area contributed by atoms with Gasteiger partial charge in [-0.3, -0.25) is 14.5 Å². The van der Waals surface area contributed by atoms with Crippen molar-refractivity contribution in [1.82, 2.24) is 4.90 Å². The van der Waals surface area contributed by atoms with Crippen molar-refractivity contribution >= 4 is 23.2 Å². The van der Waals surface area contributed by atoms with Gasteiger partial charge in [-0.25, -0.2) is 0 Å². The van der Waals surface area contributed by atoms with E-state index in [-0.39, 0.29) is 11.8 Å². The van der Waals surface area contributed by atoms with Crippen molar-refractivity contribution in [3.05, 3.63) is 48.0 Å². The van der Waals surface area contributed by atoms with Crippen LogP contribution in [0, 0.1) is 0 Å². The van der Waals surface area contributed by atoms with Crippen LogP contribution in [-0.4, -0.2) is 43.0 Å². The Hall–Kier alpha value is -3.06. The van der Waals surface area contributed by atoms with Crippen LogP contribution >= 0.6 is 0 Å². The molecule has 3 rings (SSSR count). The van der Waals surface area contributed by atoms with Crippen molar-refractivity contribution in [2.45, 2.75) is 32.4 Å². The molecule has 0 aliphatic carbocycles. The van der Waals surface area contributed by atoms with Gasteiger partial charge in [0.05, 0.1) is 19.8 Å². The van der Waals surface area contributed by atoms with E-state index >= 15 is 0 Å². The number of hydrogen-bond donors (Lipinski definition) is 2. The van der Waals surface area contributed by atoms with Gasteiger partial charge >= 0.3 is 0 Å². The number of methoxy groups -OCH3 is 2. The van der Waals surface area contributed by atoms with Crippen LogP contribution in [0.5, 0.6) is 11.5 Å². The summed E-state index contributed by atoms with van der Waals surface area (Å²) < 4.78 is 10.5. The molecule has 1 aliphatic rings. The highest BCUT2D eigenvalue weighted by Gasteiger charge is 2.46. The third kappa shape index (κ3) is 4.51. The van der Waals surface area contributed by atoms with Crippen LogP contribution in [0.25, 0.3) is 0 Å². The third-order valence-electron chi connectivity index (χ3n) is 5.34. The molecule has 1 saturated heterocycles. The van der Waals surface area contributed by atoms with Crippen molar-refractivity contribution in [2.24, 2.45) is 0 Å². The van der Waals surface area contributed by atoms with Gasteiger partial charge in [-0.05, 0) is 43.2 Å². The summed E-state index contributed by atoms with van der Waals surface area (Å²) in [6.07, 6.45) is 0.788. The maximum absolute atomic E-state index is 13.0. The lowest BCUT2D eigenvalue weighted by Crippen LogP contribution is -2.63. The van der Waals surface area contributed by atoms with Crippen molar-refractivity contribution < 1.29 is 19.1 Å². The predicted octanol–water partition coefficient (Wildman–Crippen LogP) is 3.27. The molecule has 0 bridgehead atoms. The highest BCUT2D eigenvalue weighted by atomic mass is 16.5. The van der Waals surface area contributed by atoms with E-state index in [4.69, 9.17) is 9.47 Å². The van der Waals surface area contributed by atoms with E-state index in [1.165, 1.54) is 6.92 Å². The average molecular weight is 397 g/mol. The zero-order valence-electron chi connectivity index (χ0n) is 17.2. The minimum atomic E-state index is -0.580. The van der Waals surface area contributed by atoms with Crippen molar-refractivity contribution in [3.63, 3.8) is 0 Å². The minimum Gasteiger partial charge on any atom is -0.493 e. The van der Waals surface area contributed by atoms with E-state index in [0.29, 0.717) is 23.7 Å². The number of anilines is 2. The smallest absolute Gasteiger partial charge is 0.244 e. The zero-order chi connectivity index (χ0) is 21.0. The number of rotatable bonds is 7. The summed E-state index contributed by atoms with van der Waals surface area (Å²) in [5.41, 5.74) is 1.94. The molecule has 2 N–H and O–H groups in total. The highest BCUT2D eigenvalue weighted by molar-refractivity contribution is 5.98. The van der Waals surface area contributed by atoms with Crippen LogP contribution in [0.3, 0.4) is 0 Å².